The molecule has 1 aromatic rings. The van der Waals surface area contributed by atoms with E-state index < -0.39 is 0 Å². The molecule has 0 aliphatic carbocycles. The summed E-state index contributed by atoms with van der Waals surface area (Å²) in [5.41, 5.74) is 0.581. The van der Waals surface area contributed by atoms with Gasteiger partial charge in [-0.15, -0.1) is 0 Å². The van der Waals surface area contributed by atoms with Gasteiger partial charge in [-0.25, -0.2) is 4.39 Å². The van der Waals surface area contributed by atoms with E-state index in [2.05, 4.69) is 5.32 Å². The molecule has 114 valence electrons. The van der Waals surface area contributed by atoms with Gasteiger partial charge in [0.1, 0.15) is 5.82 Å². The molecule has 1 N–H and O–H groups in total. The zero-order valence-corrected chi connectivity index (χ0v) is 12.6. The molecule has 0 saturated carbocycles. The first-order valence-corrected chi connectivity index (χ1v) is 7.10. The van der Waals surface area contributed by atoms with Gasteiger partial charge in [0, 0.05) is 25.1 Å². The molecule has 1 unspecified atom stereocenters. The number of amides is 2. The third-order valence-corrected chi connectivity index (χ3v) is 3.32. The highest BCUT2D eigenvalue weighted by atomic mass is 19.1. The number of benzene rings is 1. The quantitative estimate of drug-likeness (QED) is 0.930. The van der Waals surface area contributed by atoms with Crippen LogP contribution in [0.2, 0.25) is 0 Å². The van der Waals surface area contributed by atoms with Crippen LogP contribution in [0.4, 0.5) is 10.1 Å². The molecule has 0 bridgehead atoms. The van der Waals surface area contributed by atoms with Crippen molar-refractivity contribution >= 4 is 17.5 Å². The van der Waals surface area contributed by atoms with Crippen molar-refractivity contribution in [2.24, 2.45) is 5.41 Å². The number of hydrogen-bond donors (Lipinski definition) is 1. The Morgan fingerprint density at radius 1 is 1.33 bits per heavy atom. The Hall–Kier alpha value is -1.91. The van der Waals surface area contributed by atoms with E-state index >= 15 is 0 Å². The molecule has 0 aromatic heterocycles. The summed E-state index contributed by atoms with van der Waals surface area (Å²) in [4.78, 5) is 25.5. The second-order valence-corrected chi connectivity index (χ2v) is 6.69. The van der Waals surface area contributed by atoms with Crippen molar-refractivity contribution in [3.05, 3.63) is 30.1 Å². The standard InChI is InChI=1S/C16H21FN2O2/c1-16(2,3)9-14(20)18-12-8-15(21)19(10-12)13-6-4-11(17)5-7-13/h4-7,12H,8-10H2,1-3H3,(H,18,20). The maximum atomic E-state index is 12.9. The van der Waals surface area contributed by atoms with Gasteiger partial charge in [-0.2, -0.15) is 0 Å². The molecule has 2 amide bonds. The molecule has 1 aromatic carbocycles. The first kappa shape index (κ1) is 15.5. The van der Waals surface area contributed by atoms with Crippen LogP contribution in [0, 0.1) is 11.2 Å². The van der Waals surface area contributed by atoms with Crippen LogP contribution < -0.4 is 10.2 Å². The van der Waals surface area contributed by atoms with E-state index in [1.165, 1.54) is 12.1 Å². The Balaban J connectivity index is 1.96. The lowest BCUT2D eigenvalue weighted by atomic mass is 9.92. The summed E-state index contributed by atoms with van der Waals surface area (Å²) < 4.78 is 12.9. The van der Waals surface area contributed by atoms with Crippen molar-refractivity contribution in [1.82, 2.24) is 5.32 Å². The lowest BCUT2D eigenvalue weighted by Gasteiger charge is -2.20. The van der Waals surface area contributed by atoms with Crippen LogP contribution in [-0.4, -0.2) is 24.4 Å². The van der Waals surface area contributed by atoms with E-state index in [0.717, 1.165) is 0 Å². The molecule has 1 aliphatic rings. The van der Waals surface area contributed by atoms with Crippen molar-refractivity contribution < 1.29 is 14.0 Å². The highest BCUT2D eigenvalue weighted by molar-refractivity contribution is 5.96. The fourth-order valence-electron chi connectivity index (χ4n) is 2.44. The molecular weight excluding hydrogens is 271 g/mol. The fraction of sp³-hybridized carbons (Fsp3) is 0.500. The molecule has 1 fully saturated rings. The van der Waals surface area contributed by atoms with Crippen LogP contribution >= 0.6 is 0 Å². The molecule has 21 heavy (non-hydrogen) atoms. The Morgan fingerprint density at radius 2 is 1.95 bits per heavy atom. The number of anilines is 1. The average Bonchev–Trinajstić information content (AvgIpc) is 2.68. The highest BCUT2D eigenvalue weighted by Crippen LogP contribution is 2.23. The van der Waals surface area contributed by atoms with Crippen LogP contribution in [0.1, 0.15) is 33.6 Å². The van der Waals surface area contributed by atoms with E-state index in [9.17, 15) is 14.0 Å². The minimum absolute atomic E-state index is 0.0405. The predicted octanol–water partition coefficient (Wildman–Crippen LogP) is 2.48. The number of rotatable bonds is 3. The maximum absolute atomic E-state index is 12.9. The molecule has 5 heteroatoms. The number of nitrogens with zero attached hydrogens (tertiary/aromatic N) is 1. The molecular formula is C16H21FN2O2. The molecule has 0 radical (unpaired) electrons. The minimum Gasteiger partial charge on any atom is -0.351 e. The molecule has 1 heterocycles. The van der Waals surface area contributed by atoms with Gasteiger partial charge in [-0.05, 0) is 29.7 Å². The molecule has 4 nitrogen and oxygen atoms in total. The van der Waals surface area contributed by atoms with Gasteiger partial charge >= 0.3 is 0 Å². The van der Waals surface area contributed by atoms with Gasteiger partial charge in [-0.3, -0.25) is 9.59 Å². The molecule has 0 spiro atoms. The maximum Gasteiger partial charge on any atom is 0.229 e. The average molecular weight is 292 g/mol. The smallest absolute Gasteiger partial charge is 0.229 e. The highest BCUT2D eigenvalue weighted by Gasteiger charge is 2.32. The summed E-state index contributed by atoms with van der Waals surface area (Å²) in [5.74, 6) is -0.427. The summed E-state index contributed by atoms with van der Waals surface area (Å²) >= 11 is 0. The minimum atomic E-state index is -0.333. The normalized spacial score (nSPS) is 19.0. The first-order chi connectivity index (χ1) is 9.74. The predicted molar refractivity (Wildman–Crippen MR) is 79.4 cm³/mol. The van der Waals surface area contributed by atoms with Crippen molar-refractivity contribution in [1.29, 1.82) is 0 Å². The summed E-state index contributed by atoms with van der Waals surface area (Å²) in [6.07, 6.45) is 0.710. The molecule has 1 saturated heterocycles. The van der Waals surface area contributed by atoms with Crippen molar-refractivity contribution in [2.75, 3.05) is 11.4 Å². The molecule has 2 rings (SSSR count). The van der Waals surface area contributed by atoms with Crippen LogP contribution in [0.15, 0.2) is 24.3 Å². The topological polar surface area (TPSA) is 49.4 Å². The second kappa shape index (κ2) is 5.84. The second-order valence-electron chi connectivity index (χ2n) is 6.69. The number of hydrogen-bond acceptors (Lipinski definition) is 2. The molecule has 1 aliphatic heterocycles. The van der Waals surface area contributed by atoms with E-state index in [-0.39, 0.29) is 35.5 Å². The number of halogens is 1. The van der Waals surface area contributed by atoms with E-state index in [4.69, 9.17) is 0 Å². The SMILES string of the molecule is CC(C)(C)CC(=O)NC1CC(=O)N(c2ccc(F)cc2)C1. The van der Waals surface area contributed by atoms with E-state index in [0.29, 0.717) is 18.7 Å². The third kappa shape index (κ3) is 4.28. The summed E-state index contributed by atoms with van der Waals surface area (Å²) in [6, 6.07) is 5.62. The van der Waals surface area contributed by atoms with Crippen LogP contribution in [0.5, 0.6) is 0 Å². The number of nitrogens with one attached hydrogen (secondary N) is 1. The number of carbonyl (C=O) groups is 2. The third-order valence-electron chi connectivity index (χ3n) is 3.32. The van der Waals surface area contributed by atoms with Crippen molar-refractivity contribution in [3.63, 3.8) is 0 Å². The molecule has 1 atom stereocenters. The summed E-state index contributed by atoms with van der Waals surface area (Å²) in [5, 5.41) is 2.90. The fourth-order valence-corrected chi connectivity index (χ4v) is 2.44. The monoisotopic (exact) mass is 292 g/mol. The summed E-state index contributed by atoms with van der Waals surface area (Å²) in [7, 11) is 0. The Bertz CT molecular complexity index is 534. The Labute approximate surface area is 124 Å². The van der Waals surface area contributed by atoms with Gasteiger partial charge < -0.3 is 10.2 Å². The Kier molecular flexibility index (Phi) is 4.30. The van der Waals surface area contributed by atoms with E-state index in [1.807, 2.05) is 20.8 Å². The van der Waals surface area contributed by atoms with Crippen molar-refractivity contribution in [2.45, 2.75) is 39.7 Å². The van der Waals surface area contributed by atoms with Crippen LogP contribution in [0.25, 0.3) is 0 Å². The lowest BCUT2D eigenvalue weighted by Crippen LogP contribution is -2.38. The van der Waals surface area contributed by atoms with Gasteiger partial charge in [0.05, 0.1) is 6.04 Å². The lowest BCUT2D eigenvalue weighted by molar-refractivity contribution is -0.123. The zero-order valence-electron chi connectivity index (χ0n) is 12.6. The van der Waals surface area contributed by atoms with Crippen molar-refractivity contribution in [3.8, 4) is 0 Å². The largest absolute Gasteiger partial charge is 0.351 e. The van der Waals surface area contributed by atoms with Gasteiger partial charge in [0.25, 0.3) is 0 Å². The Morgan fingerprint density at radius 3 is 2.52 bits per heavy atom. The van der Waals surface area contributed by atoms with Crippen LogP contribution in [-0.2, 0) is 9.59 Å². The summed E-state index contributed by atoms with van der Waals surface area (Å²) in [6.45, 7) is 6.42. The van der Waals surface area contributed by atoms with Gasteiger partial charge in [-0.1, -0.05) is 20.8 Å². The number of carbonyl (C=O) groups excluding carboxylic acids is 2. The first-order valence-electron chi connectivity index (χ1n) is 7.10. The van der Waals surface area contributed by atoms with Crippen LogP contribution in [0.3, 0.4) is 0 Å². The zero-order chi connectivity index (χ0) is 15.6. The van der Waals surface area contributed by atoms with Gasteiger partial charge in [0.15, 0.2) is 0 Å². The van der Waals surface area contributed by atoms with E-state index in [1.54, 1.807) is 17.0 Å². The van der Waals surface area contributed by atoms with Gasteiger partial charge in [0.2, 0.25) is 11.8 Å².